The Kier molecular flexibility index (Phi) is 4.68. The molecule has 0 saturated carbocycles. The highest BCUT2D eigenvalue weighted by Gasteiger charge is 2.29. The van der Waals surface area contributed by atoms with Crippen LogP contribution in [0.3, 0.4) is 0 Å². The van der Waals surface area contributed by atoms with Crippen molar-refractivity contribution >= 4 is 17.5 Å². The Hall–Kier alpha value is -3.42. The van der Waals surface area contributed by atoms with Crippen LogP contribution in [0.1, 0.15) is 10.4 Å². The first kappa shape index (κ1) is 18.0. The molecule has 0 unspecified atom stereocenters. The van der Waals surface area contributed by atoms with E-state index in [1.807, 2.05) is 0 Å². The molecule has 0 radical (unpaired) electrons. The number of rotatable bonds is 3. The average Bonchev–Trinajstić information content (AvgIpc) is 3.10. The topological polar surface area (TPSA) is 75.6 Å². The Morgan fingerprint density at radius 3 is 2.39 bits per heavy atom. The summed E-state index contributed by atoms with van der Waals surface area (Å²) < 4.78 is 31.7. The van der Waals surface area contributed by atoms with Gasteiger partial charge in [0.1, 0.15) is 22.9 Å². The van der Waals surface area contributed by atoms with E-state index in [4.69, 9.17) is 10.3 Å². The molecule has 3 aromatic rings. The predicted molar refractivity (Wildman–Crippen MR) is 101 cm³/mol. The van der Waals surface area contributed by atoms with Crippen molar-refractivity contribution in [1.82, 2.24) is 10.1 Å². The van der Waals surface area contributed by atoms with Crippen LogP contribution in [-0.4, -0.2) is 42.1 Å². The number of halogens is 2. The number of hydrogen-bond acceptors (Lipinski definition) is 5. The van der Waals surface area contributed by atoms with Gasteiger partial charge in [0.15, 0.2) is 0 Å². The number of amides is 1. The molecule has 6 nitrogen and oxygen atoms in total. The van der Waals surface area contributed by atoms with Gasteiger partial charge < -0.3 is 20.1 Å². The molecule has 4 rings (SSSR count). The van der Waals surface area contributed by atoms with E-state index in [1.54, 1.807) is 23.1 Å². The summed E-state index contributed by atoms with van der Waals surface area (Å²) in [7, 11) is 0. The number of aromatic nitrogens is 1. The largest absolute Gasteiger partial charge is 0.368 e. The molecule has 28 heavy (non-hydrogen) atoms. The van der Waals surface area contributed by atoms with Crippen molar-refractivity contribution in [3.05, 3.63) is 65.7 Å². The lowest BCUT2D eigenvalue weighted by molar-refractivity contribution is 0.0748. The molecule has 8 heteroatoms. The lowest BCUT2D eigenvalue weighted by Crippen LogP contribution is -2.49. The van der Waals surface area contributed by atoms with Gasteiger partial charge in [-0.1, -0.05) is 17.3 Å². The van der Waals surface area contributed by atoms with Crippen molar-refractivity contribution in [2.24, 2.45) is 0 Å². The Bertz CT molecular complexity index is 996. The van der Waals surface area contributed by atoms with E-state index in [9.17, 15) is 13.6 Å². The quantitative estimate of drug-likeness (QED) is 0.751. The van der Waals surface area contributed by atoms with Gasteiger partial charge in [0.25, 0.3) is 5.91 Å². The summed E-state index contributed by atoms with van der Waals surface area (Å²) in [4.78, 5) is 16.8. The standard InChI is InChI=1S/C20H18F2N4O2/c21-14-4-6-16(7-5-14)25-8-10-26(11-9-25)20(27)17-18(24-28-19(17)23)13-2-1-3-15(22)12-13/h1-7,12H,8-11,23H2. The number of carbonyl (C=O) groups is 1. The second kappa shape index (κ2) is 7.30. The van der Waals surface area contributed by atoms with Crippen molar-refractivity contribution in [3.63, 3.8) is 0 Å². The molecule has 1 fully saturated rings. The smallest absolute Gasteiger partial charge is 0.261 e. The van der Waals surface area contributed by atoms with Gasteiger partial charge in [-0.25, -0.2) is 8.78 Å². The Balaban J connectivity index is 1.52. The molecule has 1 saturated heterocycles. The number of carbonyl (C=O) groups excluding carboxylic acids is 1. The third-order valence-corrected chi connectivity index (χ3v) is 4.79. The molecule has 144 valence electrons. The summed E-state index contributed by atoms with van der Waals surface area (Å²) >= 11 is 0. The van der Waals surface area contributed by atoms with Crippen LogP contribution in [0.2, 0.25) is 0 Å². The lowest BCUT2D eigenvalue weighted by Gasteiger charge is -2.36. The van der Waals surface area contributed by atoms with Crippen LogP contribution < -0.4 is 10.6 Å². The maximum Gasteiger partial charge on any atom is 0.261 e. The fourth-order valence-corrected chi connectivity index (χ4v) is 3.32. The van der Waals surface area contributed by atoms with Crippen molar-refractivity contribution in [2.75, 3.05) is 36.8 Å². The van der Waals surface area contributed by atoms with Crippen molar-refractivity contribution in [2.45, 2.75) is 0 Å². The monoisotopic (exact) mass is 384 g/mol. The number of nitrogens with two attached hydrogens (primary N) is 1. The van der Waals surface area contributed by atoms with Crippen molar-refractivity contribution in [1.29, 1.82) is 0 Å². The molecule has 1 aliphatic rings. The zero-order chi connectivity index (χ0) is 19.7. The van der Waals surface area contributed by atoms with Gasteiger partial charge in [0, 0.05) is 37.4 Å². The number of benzene rings is 2. The minimum absolute atomic E-state index is 0.0924. The summed E-state index contributed by atoms with van der Waals surface area (Å²) in [6.45, 7) is 2.11. The minimum atomic E-state index is -0.439. The number of hydrogen-bond donors (Lipinski definition) is 1. The molecule has 1 aliphatic heterocycles. The highest BCUT2D eigenvalue weighted by Crippen LogP contribution is 2.29. The molecule has 1 aromatic heterocycles. The molecular formula is C20H18F2N4O2. The van der Waals surface area contributed by atoms with Gasteiger partial charge in [-0.2, -0.15) is 0 Å². The van der Waals surface area contributed by atoms with Crippen LogP contribution >= 0.6 is 0 Å². The molecule has 2 aromatic carbocycles. The summed E-state index contributed by atoms with van der Waals surface area (Å²) in [5, 5.41) is 3.85. The van der Waals surface area contributed by atoms with Crippen LogP contribution in [0.4, 0.5) is 20.4 Å². The van der Waals surface area contributed by atoms with E-state index in [1.165, 1.54) is 30.3 Å². The molecule has 0 aliphatic carbocycles. The molecular weight excluding hydrogens is 366 g/mol. The molecule has 0 spiro atoms. The van der Waals surface area contributed by atoms with Gasteiger partial charge in [-0.3, -0.25) is 4.79 Å². The van der Waals surface area contributed by atoms with Gasteiger partial charge in [-0.05, 0) is 36.4 Å². The normalized spacial score (nSPS) is 14.4. The van der Waals surface area contributed by atoms with Crippen LogP contribution in [0.5, 0.6) is 0 Å². The Morgan fingerprint density at radius 1 is 1.00 bits per heavy atom. The number of nitrogen functional groups attached to an aromatic ring is 1. The van der Waals surface area contributed by atoms with Crippen LogP contribution in [0.15, 0.2) is 53.1 Å². The number of nitrogens with zero attached hydrogens (tertiary/aromatic N) is 3. The summed E-state index contributed by atoms with van der Waals surface area (Å²) in [6.07, 6.45) is 0. The maximum atomic E-state index is 13.6. The summed E-state index contributed by atoms with van der Waals surface area (Å²) in [5.41, 5.74) is 7.53. The number of piperazine rings is 1. The molecule has 0 atom stereocenters. The van der Waals surface area contributed by atoms with Crippen molar-refractivity contribution < 1.29 is 18.1 Å². The second-order valence-corrected chi connectivity index (χ2v) is 6.54. The molecule has 1 amide bonds. The van der Waals surface area contributed by atoms with Gasteiger partial charge in [-0.15, -0.1) is 0 Å². The van der Waals surface area contributed by atoms with E-state index >= 15 is 0 Å². The highest BCUT2D eigenvalue weighted by atomic mass is 19.1. The van der Waals surface area contributed by atoms with Crippen LogP contribution in [0.25, 0.3) is 11.3 Å². The first-order valence-corrected chi connectivity index (χ1v) is 8.84. The SMILES string of the molecule is Nc1onc(-c2cccc(F)c2)c1C(=O)N1CCN(c2ccc(F)cc2)CC1. The van der Waals surface area contributed by atoms with Gasteiger partial charge in [0.2, 0.25) is 5.88 Å². The third-order valence-electron chi connectivity index (χ3n) is 4.79. The van der Waals surface area contributed by atoms with E-state index in [-0.39, 0.29) is 28.9 Å². The summed E-state index contributed by atoms with van der Waals surface area (Å²) in [6, 6.07) is 12.0. The summed E-state index contributed by atoms with van der Waals surface area (Å²) in [5.74, 6) is -1.13. The van der Waals surface area contributed by atoms with Crippen LogP contribution in [0, 0.1) is 11.6 Å². The number of anilines is 2. The van der Waals surface area contributed by atoms with Crippen molar-refractivity contribution in [3.8, 4) is 11.3 Å². The lowest BCUT2D eigenvalue weighted by atomic mass is 10.1. The Labute approximate surface area is 160 Å². The first-order chi connectivity index (χ1) is 13.5. The Morgan fingerprint density at radius 2 is 1.71 bits per heavy atom. The first-order valence-electron chi connectivity index (χ1n) is 8.84. The molecule has 2 N–H and O–H groups in total. The zero-order valence-electron chi connectivity index (χ0n) is 14.9. The highest BCUT2D eigenvalue weighted by molar-refractivity contribution is 6.03. The van der Waals surface area contributed by atoms with Gasteiger partial charge in [0.05, 0.1) is 0 Å². The van der Waals surface area contributed by atoms with E-state index < -0.39 is 5.82 Å². The molecule has 2 heterocycles. The van der Waals surface area contributed by atoms with E-state index in [0.717, 1.165) is 5.69 Å². The van der Waals surface area contributed by atoms with E-state index in [0.29, 0.717) is 31.7 Å². The average molecular weight is 384 g/mol. The van der Waals surface area contributed by atoms with Crippen LogP contribution in [-0.2, 0) is 0 Å². The fraction of sp³-hybridized carbons (Fsp3) is 0.200. The van der Waals surface area contributed by atoms with Gasteiger partial charge >= 0.3 is 0 Å². The predicted octanol–water partition coefficient (Wildman–Crippen LogP) is 3.16. The second-order valence-electron chi connectivity index (χ2n) is 6.54. The molecule has 0 bridgehead atoms. The van der Waals surface area contributed by atoms with E-state index in [2.05, 4.69) is 10.1 Å². The third kappa shape index (κ3) is 3.40. The zero-order valence-corrected chi connectivity index (χ0v) is 14.9. The fourth-order valence-electron chi connectivity index (χ4n) is 3.32. The minimum Gasteiger partial charge on any atom is -0.368 e. The maximum absolute atomic E-state index is 13.6.